The Hall–Kier alpha value is -0.870. The SMILES string of the molecule is C/C=C/C[C@@H](O)C[C@@H](O)CC(=O)O. The summed E-state index contributed by atoms with van der Waals surface area (Å²) < 4.78 is 0. The van der Waals surface area contributed by atoms with Crippen molar-refractivity contribution >= 4 is 5.97 Å². The van der Waals surface area contributed by atoms with Crippen LogP contribution in [0, 0.1) is 0 Å². The van der Waals surface area contributed by atoms with E-state index in [1.165, 1.54) is 0 Å². The third kappa shape index (κ3) is 7.49. The second-order valence-corrected chi connectivity index (χ2v) is 2.95. The lowest BCUT2D eigenvalue weighted by atomic mass is 10.1. The van der Waals surface area contributed by atoms with Gasteiger partial charge in [-0.25, -0.2) is 0 Å². The van der Waals surface area contributed by atoms with Crippen molar-refractivity contribution in [2.24, 2.45) is 0 Å². The van der Waals surface area contributed by atoms with Crippen LogP contribution in [-0.2, 0) is 4.79 Å². The fourth-order valence-electron chi connectivity index (χ4n) is 0.988. The summed E-state index contributed by atoms with van der Waals surface area (Å²) in [6.45, 7) is 1.83. The number of aliphatic hydroxyl groups is 2. The van der Waals surface area contributed by atoms with Gasteiger partial charge in [0.2, 0.25) is 0 Å². The van der Waals surface area contributed by atoms with Crippen LogP contribution >= 0.6 is 0 Å². The molecule has 0 bridgehead atoms. The Morgan fingerprint density at radius 2 is 2.00 bits per heavy atom. The third-order valence-electron chi connectivity index (χ3n) is 1.60. The molecule has 0 heterocycles. The Balaban J connectivity index is 3.64. The summed E-state index contributed by atoms with van der Waals surface area (Å²) >= 11 is 0. The topological polar surface area (TPSA) is 77.8 Å². The van der Waals surface area contributed by atoms with Gasteiger partial charge in [-0.05, 0) is 13.3 Å². The van der Waals surface area contributed by atoms with Crippen LogP contribution in [0.3, 0.4) is 0 Å². The van der Waals surface area contributed by atoms with Gasteiger partial charge < -0.3 is 15.3 Å². The number of aliphatic carboxylic acids is 1. The zero-order valence-corrected chi connectivity index (χ0v) is 7.68. The van der Waals surface area contributed by atoms with Crippen LogP contribution in [0.4, 0.5) is 0 Å². The first-order valence-electron chi connectivity index (χ1n) is 4.25. The molecule has 0 fully saturated rings. The zero-order valence-electron chi connectivity index (χ0n) is 7.68. The van der Waals surface area contributed by atoms with Crippen molar-refractivity contribution in [2.45, 2.75) is 38.4 Å². The highest BCUT2D eigenvalue weighted by Crippen LogP contribution is 2.06. The number of hydrogen-bond donors (Lipinski definition) is 3. The van der Waals surface area contributed by atoms with Crippen LogP contribution in [0.25, 0.3) is 0 Å². The highest BCUT2D eigenvalue weighted by Gasteiger charge is 2.13. The minimum absolute atomic E-state index is 0.108. The van der Waals surface area contributed by atoms with Crippen LogP contribution in [0.5, 0.6) is 0 Å². The van der Waals surface area contributed by atoms with Crippen molar-refractivity contribution < 1.29 is 20.1 Å². The van der Waals surface area contributed by atoms with Crippen LogP contribution in [0.15, 0.2) is 12.2 Å². The zero-order chi connectivity index (χ0) is 10.3. The Morgan fingerprint density at radius 3 is 2.46 bits per heavy atom. The quantitative estimate of drug-likeness (QED) is 0.531. The fourth-order valence-corrected chi connectivity index (χ4v) is 0.988. The average molecular weight is 188 g/mol. The average Bonchev–Trinajstić information content (AvgIpc) is 1.98. The van der Waals surface area contributed by atoms with Gasteiger partial charge in [-0.1, -0.05) is 12.2 Å². The first-order chi connectivity index (χ1) is 6.06. The fraction of sp³-hybridized carbons (Fsp3) is 0.667. The molecule has 3 N–H and O–H groups in total. The lowest BCUT2D eigenvalue weighted by molar-refractivity contribution is -0.139. The second kappa shape index (κ2) is 6.62. The van der Waals surface area contributed by atoms with E-state index in [4.69, 9.17) is 10.2 Å². The van der Waals surface area contributed by atoms with E-state index in [1.54, 1.807) is 12.2 Å². The number of rotatable bonds is 6. The molecule has 0 aromatic rings. The highest BCUT2D eigenvalue weighted by atomic mass is 16.4. The van der Waals surface area contributed by atoms with E-state index in [0.29, 0.717) is 6.42 Å². The first-order valence-corrected chi connectivity index (χ1v) is 4.25. The summed E-state index contributed by atoms with van der Waals surface area (Å²) in [7, 11) is 0. The van der Waals surface area contributed by atoms with Crippen molar-refractivity contribution in [1.29, 1.82) is 0 Å². The minimum Gasteiger partial charge on any atom is -0.481 e. The molecule has 0 aromatic carbocycles. The van der Waals surface area contributed by atoms with Gasteiger partial charge in [0.25, 0.3) is 0 Å². The van der Waals surface area contributed by atoms with E-state index in [1.807, 2.05) is 6.92 Å². The summed E-state index contributed by atoms with van der Waals surface area (Å²) in [5.41, 5.74) is 0. The van der Waals surface area contributed by atoms with Gasteiger partial charge in [0.05, 0.1) is 18.6 Å². The summed E-state index contributed by atoms with van der Waals surface area (Å²) in [6.07, 6.45) is 2.20. The number of carboxylic acids is 1. The highest BCUT2D eigenvalue weighted by molar-refractivity contribution is 5.67. The van der Waals surface area contributed by atoms with Crippen molar-refractivity contribution in [2.75, 3.05) is 0 Å². The van der Waals surface area contributed by atoms with Gasteiger partial charge in [-0.15, -0.1) is 0 Å². The molecule has 4 heteroatoms. The number of carboxylic acid groups (broad SMARTS) is 1. The molecule has 0 saturated heterocycles. The largest absolute Gasteiger partial charge is 0.481 e. The van der Waals surface area contributed by atoms with Crippen LogP contribution < -0.4 is 0 Å². The van der Waals surface area contributed by atoms with E-state index in [9.17, 15) is 9.90 Å². The monoisotopic (exact) mass is 188 g/mol. The maximum Gasteiger partial charge on any atom is 0.305 e. The lowest BCUT2D eigenvalue weighted by Crippen LogP contribution is -2.20. The summed E-state index contributed by atoms with van der Waals surface area (Å²) in [6, 6.07) is 0. The van der Waals surface area contributed by atoms with E-state index in [-0.39, 0.29) is 12.8 Å². The number of allylic oxidation sites excluding steroid dienone is 1. The van der Waals surface area contributed by atoms with Gasteiger partial charge in [0, 0.05) is 6.42 Å². The minimum atomic E-state index is -1.05. The van der Waals surface area contributed by atoms with Gasteiger partial charge in [0.1, 0.15) is 0 Å². The van der Waals surface area contributed by atoms with Crippen LogP contribution in [0.2, 0.25) is 0 Å². The molecule has 0 aliphatic carbocycles. The maximum atomic E-state index is 10.1. The second-order valence-electron chi connectivity index (χ2n) is 2.95. The van der Waals surface area contributed by atoms with Crippen LogP contribution in [-0.4, -0.2) is 33.5 Å². The summed E-state index contributed by atoms with van der Waals surface area (Å²) in [5, 5.41) is 26.7. The molecule has 76 valence electrons. The molecule has 4 nitrogen and oxygen atoms in total. The Kier molecular flexibility index (Phi) is 6.18. The predicted molar refractivity (Wildman–Crippen MR) is 48.3 cm³/mol. The molecular formula is C9H16O4. The molecule has 0 amide bonds. The molecule has 0 rings (SSSR count). The molecule has 0 unspecified atom stereocenters. The van der Waals surface area contributed by atoms with E-state index >= 15 is 0 Å². The standard InChI is InChI=1S/C9H16O4/c1-2-3-4-7(10)5-8(11)6-9(12)13/h2-3,7-8,10-11H,4-6H2,1H3,(H,12,13)/b3-2+/t7-,8-/m1/s1. The van der Waals surface area contributed by atoms with Gasteiger partial charge in [-0.2, -0.15) is 0 Å². The molecule has 0 aliphatic heterocycles. The Bertz CT molecular complexity index is 176. The van der Waals surface area contributed by atoms with E-state index in [0.717, 1.165) is 0 Å². The smallest absolute Gasteiger partial charge is 0.305 e. The normalized spacial score (nSPS) is 15.9. The molecule has 0 aromatic heterocycles. The summed E-state index contributed by atoms with van der Waals surface area (Å²) in [4.78, 5) is 10.1. The molecule has 13 heavy (non-hydrogen) atoms. The Morgan fingerprint density at radius 1 is 1.38 bits per heavy atom. The number of carbonyl (C=O) groups is 1. The number of hydrogen-bond acceptors (Lipinski definition) is 3. The molecule has 0 aliphatic rings. The molecular weight excluding hydrogens is 172 g/mol. The molecule has 0 radical (unpaired) electrons. The van der Waals surface area contributed by atoms with Gasteiger partial charge >= 0.3 is 5.97 Å². The lowest BCUT2D eigenvalue weighted by Gasteiger charge is -2.11. The molecule has 0 saturated carbocycles. The van der Waals surface area contributed by atoms with Crippen LogP contribution in [0.1, 0.15) is 26.2 Å². The maximum absolute atomic E-state index is 10.1. The van der Waals surface area contributed by atoms with Crippen molar-refractivity contribution in [3.05, 3.63) is 12.2 Å². The Labute approximate surface area is 77.5 Å². The van der Waals surface area contributed by atoms with Crippen molar-refractivity contribution in [3.63, 3.8) is 0 Å². The van der Waals surface area contributed by atoms with E-state index in [2.05, 4.69) is 0 Å². The predicted octanol–water partition coefficient (Wildman–Crippen LogP) is 0.539. The summed E-state index contributed by atoms with van der Waals surface area (Å²) in [5.74, 6) is -1.05. The van der Waals surface area contributed by atoms with Crippen molar-refractivity contribution in [3.8, 4) is 0 Å². The van der Waals surface area contributed by atoms with E-state index < -0.39 is 18.2 Å². The van der Waals surface area contributed by atoms with Gasteiger partial charge in [-0.3, -0.25) is 4.79 Å². The molecule has 0 spiro atoms. The third-order valence-corrected chi connectivity index (χ3v) is 1.60. The van der Waals surface area contributed by atoms with Crippen molar-refractivity contribution in [1.82, 2.24) is 0 Å². The number of aliphatic hydroxyl groups excluding tert-OH is 2. The van der Waals surface area contributed by atoms with Gasteiger partial charge in [0.15, 0.2) is 0 Å². The molecule has 2 atom stereocenters. The first kappa shape index (κ1) is 12.1.